The Morgan fingerprint density at radius 1 is 1.24 bits per heavy atom. The summed E-state index contributed by atoms with van der Waals surface area (Å²) in [7, 11) is 0. The quantitative estimate of drug-likeness (QED) is 0.758. The van der Waals surface area contributed by atoms with E-state index in [4.69, 9.17) is 9.47 Å². The van der Waals surface area contributed by atoms with Crippen LogP contribution in [0, 0.1) is 0 Å². The minimum absolute atomic E-state index is 0.0584. The summed E-state index contributed by atoms with van der Waals surface area (Å²) in [6.07, 6.45) is -2.76. The second kappa shape index (κ2) is 7.51. The molecule has 0 N–H and O–H groups in total. The first kappa shape index (κ1) is 17.8. The van der Waals surface area contributed by atoms with Crippen LogP contribution in [-0.4, -0.2) is 50.0 Å². The molecule has 0 radical (unpaired) electrons. The minimum atomic E-state index is -4.37. The molecule has 0 saturated carbocycles. The Hall–Kier alpha value is -1.96. The molecule has 2 aliphatic rings. The Kier molecular flexibility index (Phi) is 5.36. The van der Waals surface area contributed by atoms with Crippen molar-refractivity contribution in [2.24, 2.45) is 0 Å². The van der Waals surface area contributed by atoms with Gasteiger partial charge < -0.3 is 19.1 Å². The number of benzene rings is 1. The highest BCUT2D eigenvalue weighted by atomic mass is 19.4. The van der Waals surface area contributed by atoms with Crippen molar-refractivity contribution in [1.29, 1.82) is 0 Å². The van der Waals surface area contributed by atoms with Gasteiger partial charge in [0.2, 0.25) is 5.91 Å². The fraction of sp³-hybridized carbons (Fsp3) is 0.588. The van der Waals surface area contributed by atoms with Gasteiger partial charge in [-0.25, -0.2) is 0 Å². The van der Waals surface area contributed by atoms with Gasteiger partial charge >= 0.3 is 6.18 Å². The van der Waals surface area contributed by atoms with Crippen LogP contribution in [0.1, 0.15) is 30.9 Å². The number of nitrogens with zero attached hydrogens (tertiary/aromatic N) is 1. The third-order valence-electron chi connectivity index (χ3n) is 4.25. The average Bonchev–Trinajstić information content (AvgIpc) is 3.07. The molecule has 138 valence electrons. The van der Waals surface area contributed by atoms with E-state index in [0.717, 1.165) is 18.4 Å². The topological polar surface area (TPSA) is 48.0 Å². The second-order valence-electron chi connectivity index (χ2n) is 6.07. The zero-order valence-electron chi connectivity index (χ0n) is 13.7. The van der Waals surface area contributed by atoms with Gasteiger partial charge in [0, 0.05) is 6.54 Å². The zero-order valence-corrected chi connectivity index (χ0v) is 13.7. The molecule has 5 nitrogen and oxygen atoms in total. The fourth-order valence-corrected chi connectivity index (χ4v) is 3.17. The van der Waals surface area contributed by atoms with E-state index in [1.165, 1.54) is 0 Å². The molecule has 1 unspecified atom stereocenters. The Bertz CT molecular complexity index is 620. The van der Waals surface area contributed by atoms with Crippen LogP contribution < -0.4 is 9.47 Å². The van der Waals surface area contributed by atoms with Crippen LogP contribution in [0.2, 0.25) is 0 Å². The van der Waals surface area contributed by atoms with Gasteiger partial charge in [0.25, 0.3) is 0 Å². The lowest BCUT2D eigenvalue weighted by molar-refractivity contribution is -0.175. The normalized spacial score (nSPS) is 20.0. The lowest BCUT2D eigenvalue weighted by atomic mass is 10.0. The summed E-state index contributed by atoms with van der Waals surface area (Å²) in [5.74, 6) is 1.16. The number of hydrogen-bond acceptors (Lipinski definition) is 4. The van der Waals surface area contributed by atoms with Crippen LogP contribution in [0.3, 0.4) is 0 Å². The highest BCUT2D eigenvalue weighted by Crippen LogP contribution is 2.38. The van der Waals surface area contributed by atoms with Gasteiger partial charge in [-0.3, -0.25) is 4.79 Å². The number of fused-ring (bicyclic) bond motifs is 1. The predicted octanol–water partition coefficient (Wildman–Crippen LogP) is 3.09. The number of likely N-dealkylation sites (tertiary alicyclic amines) is 1. The molecule has 1 aromatic rings. The molecule has 1 atom stereocenters. The van der Waals surface area contributed by atoms with Crippen LogP contribution in [0.15, 0.2) is 18.2 Å². The number of ether oxygens (including phenoxy) is 3. The van der Waals surface area contributed by atoms with Gasteiger partial charge in [0.05, 0.1) is 19.1 Å². The van der Waals surface area contributed by atoms with Crippen LogP contribution in [0.4, 0.5) is 13.2 Å². The molecule has 1 aromatic carbocycles. The Balaban J connectivity index is 1.59. The minimum Gasteiger partial charge on any atom is -0.486 e. The molecule has 25 heavy (non-hydrogen) atoms. The van der Waals surface area contributed by atoms with E-state index in [1.54, 1.807) is 4.90 Å². The molecular formula is C17H20F3NO4. The first-order chi connectivity index (χ1) is 11.9. The van der Waals surface area contributed by atoms with Crippen molar-refractivity contribution in [3.05, 3.63) is 23.8 Å². The summed E-state index contributed by atoms with van der Waals surface area (Å²) in [4.78, 5) is 14.1. The van der Waals surface area contributed by atoms with Crippen molar-refractivity contribution in [2.45, 2.75) is 31.5 Å². The highest BCUT2D eigenvalue weighted by molar-refractivity contribution is 5.77. The fourth-order valence-electron chi connectivity index (χ4n) is 3.17. The van der Waals surface area contributed by atoms with E-state index in [1.807, 2.05) is 18.2 Å². The maximum atomic E-state index is 12.4. The SMILES string of the molecule is O=C(CCOCC(F)(F)F)N1CCCC1c1ccc2c(c1)OCCO2. The third kappa shape index (κ3) is 4.56. The number of hydrogen-bond donors (Lipinski definition) is 0. The van der Waals surface area contributed by atoms with E-state index >= 15 is 0 Å². The first-order valence-electron chi connectivity index (χ1n) is 8.27. The third-order valence-corrected chi connectivity index (χ3v) is 4.25. The number of alkyl halides is 3. The maximum Gasteiger partial charge on any atom is 0.411 e. The average molecular weight is 359 g/mol. The monoisotopic (exact) mass is 359 g/mol. The van der Waals surface area contributed by atoms with Crippen molar-refractivity contribution in [2.75, 3.05) is 33.0 Å². The van der Waals surface area contributed by atoms with Gasteiger partial charge in [-0.1, -0.05) is 6.07 Å². The Morgan fingerprint density at radius 3 is 2.76 bits per heavy atom. The van der Waals surface area contributed by atoms with Crippen molar-refractivity contribution in [1.82, 2.24) is 4.90 Å². The second-order valence-corrected chi connectivity index (χ2v) is 6.07. The van der Waals surface area contributed by atoms with Gasteiger partial charge in [-0.05, 0) is 30.5 Å². The zero-order chi connectivity index (χ0) is 17.9. The predicted molar refractivity (Wildman–Crippen MR) is 82.6 cm³/mol. The molecule has 3 rings (SSSR count). The molecule has 8 heteroatoms. The summed E-state index contributed by atoms with van der Waals surface area (Å²) in [6, 6.07) is 5.53. The molecule has 2 heterocycles. The van der Waals surface area contributed by atoms with Gasteiger partial charge in [0.15, 0.2) is 11.5 Å². The molecule has 0 aromatic heterocycles. The van der Waals surface area contributed by atoms with Crippen LogP contribution in [0.25, 0.3) is 0 Å². The molecule has 1 amide bonds. The van der Waals surface area contributed by atoms with Crippen LogP contribution in [-0.2, 0) is 9.53 Å². The summed E-state index contributed by atoms with van der Waals surface area (Å²) in [5, 5.41) is 0. The largest absolute Gasteiger partial charge is 0.486 e. The maximum absolute atomic E-state index is 12.4. The number of halogens is 3. The van der Waals surface area contributed by atoms with E-state index in [-0.39, 0.29) is 25.0 Å². The molecule has 0 spiro atoms. The van der Waals surface area contributed by atoms with E-state index < -0.39 is 12.8 Å². The summed E-state index contributed by atoms with van der Waals surface area (Å²) >= 11 is 0. The summed E-state index contributed by atoms with van der Waals surface area (Å²) in [6.45, 7) is 0.0321. The van der Waals surface area contributed by atoms with Gasteiger partial charge in [-0.15, -0.1) is 0 Å². The number of rotatable bonds is 5. The van der Waals surface area contributed by atoms with E-state index in [9.17, 15) is 18.0 Å². The molecule has 1 fully saturated rings. The van der Waals surface area contributed by atoms with E-state index in [0.29, 0.717) is 31.3 Å². The molecule has 0 aliphatic carbocycles. The van der Waals surface area contributed by atoms with Crippen molar-refractivity contribution in [3.8, 4) is 11.5 Å². The number of amides is 1. The molecule has 2 aliphatic heterocycles. The van der Waals surface area contributed by atoms with Crippen molar-refractivity contribution < 1.29 is 32.2 Å². The summed E-state index contributed by atoms with van der Waals surface area (Å²) in [5.41, 5.74) is 0.950. The van der Waals surface area contributed by atoms with Crippen LogP contribution >= 0.6 is 0 Å². The van der Waals surface area contributed by atoms with Gasteiger partial charge in [0.1, 0.15) is 19.8 Å². The van der Waals surface area contributed by atoms with Crippen molar-refractivity contribution >= 4 is 5.91 Å². The molecule has 0 bridgehead atoms. The van der Waals surface area contributed by atoms with Gasteiger partial charge in [-0.2, -0.15) is 13.2 Å². The molecule has 1 saturated heterocycles. The Labute approximate surface area is 143 Å². The van der Waals surface area contributed by atoms with Crippen molar-refractivity contribution in [3.63, 3.8) is 0 Å². The van der Waals surface area contributed by atoms with Crippen LogP contribution in [0.5, 0.6) is 11.5 Å². The lowest BCUT2D eigenvalue weighted by Crippen LogP contribution is -2.31. The number of carbonyl (C=O) groups is 1. The van der Waals surface area contributed by atoms with E-state index in [2.05, 4.69) is 4.74 Å². The highest BCUT2D eigenvalue weighted by Gasteiger charge is 2.31. The lowest BCUT2D eigenvalue weighted by Gasteiger charge is -2.27. The number of carbonyl (C=O) groups excluding carboxylic acids is 1. The smallest absolute Gasteiger partial charge is 0.411 e. The summed E-state index contributed by atoms with van der Waals surface area (Å²) < 4.78 is 51.8. The Morgan fingerprint density at radius 2 is 2.00 bits per heavy atom. The standard InChI is InChI=1S/C17H20F3NO4/c18-17(19,20)11-23-7-5-16(22)21-6-1-2-13(21)12-3-4-14-15(10-12)25-9-8-24-14/h3-4,10,13H,1-2,5-9,11H2. The molecular weight excluding hydrogens is 339 g/mol. The first-order valence-corrected chi connectivity index (χ1v) is 8.27.